The third-order valence-electron chi connectivity index (χ3n) is 5.24. The van der Waals surface area contributed by atoms with E-state index in [0.29, 0.717) is 48.8 Å². The number of nitrogens with one attached hydrogen (secondary N) is 1. The van der Waals surface area contributed by atoms with Gasteiger partial charge in [0.2, 0.25) is 0 Å². The number of aromatic nitrogens is 3. The molecule has 1 saturated heterocycles. The molecule has 9 nitrogen and oxygen atoms in total. The Morgan fingerprint density at radius 1 is 1.28 bits per heavy atom. The standard InChI is InChI=1S/C22H21ClN6O3/c1-12-9-14(13(2)25-15-3-4-18(23)27-20(15)22(30)31)19-16(10-12)26-17(11-24)21(28-19)29-5-7-32-8-6-29/h3-4,9-10,13,25H,5-8H2,1-2H3,(H,30,31). The Hall–Kier alpha value is -3.48. The number of aromatic carboxylic acids is 1. The molecule has 1 fully saturated rings. The van der Waals surface area contributed by atoms with Gasteiger partial charge in [0.05, 0.1) is 36.0 Å². The second-order valence-electron chi connectivity index (χ2n) is 7.53. The summed E-state index contributed by atoms with van der Waals surface area (Å²) in [5, 5.41) is 22.5. The predicted octanol–water partition coefficient (Wildman–Crippen LogP) is 3.57. The molecule has 0 radical (unpaired) electrons. The largest absolute Gasteiger partial charge is 0.476 e. The molecule has 32 heavy (non-hydrogen) atoms. The molecule has 164 valence electrons. The Morgan fingerprint density at radius 2 is 2.03 bits per heavy atom. The van der Waals surface area contributed by atoms with Gasteiger partial charge in [-0.25, -0.2) is 19.7 Å². The smallest absolute Gasteiger partial charge is 0.356 e. The van der Waals surface area contributed by atoms with Crippen LogP contribution in [0.15, 0.2) is 24.3 Å². The van der Waals surface area contributed by atoms with E-state index in [1.807, 2.05) is 30.9 Å². The average molecular weight is 453 g/mol. The topological polar surface area (TPSA) is 124 Å². The van der Waals surface area contributed by atoms with E-state index in [1.54, 1.807) is 6.07 Å². The number of benzene rings is 1. The number of nitrogens with zero attached hydrogens (tertiary/aromatic N) is 5. The van der Waals surface area contributed by atoms with E-state index >= 15 is 0 Å². The first-order valence-electron chi connectivity index (χ1n) is 10.1. The first kappa shape index (κ1) is 21.7. The van der Waals surface area contributed by atoms with Crippen LogP contribution < -0.4 is 10.2 Å². The molecule has 0 saturated carbocycles. The number of hydrogen-bond donors (Lipinski definition) is 2. The number of pyridine rings is 1. The molecule has 4 rings (SSSR count). The van der Waals surface area contributed by atoms with E-state index < -0.39 is 5.97 Å². The average Bonchev–Trinajstić information content (AvgIpc) is 2.79. The van der Waals surface area contributed by atoms with Crippen LogP contribution in [0.4, 0.5) is 11.5 Å². The lowest BCUT2D eigenvalue weighted by Gasteiger charge is -2.28. The van der Waals surface area contributed by atoms with Crippen molar-refractivity contribution in [2.24, 2.45) is 0 Å². The molecule has 1 aliphatic rings. The Kier molecular flexibility index (Phi) is 6.08. The molecule has 0 aliphatic carbocycles. The molecule has 0 bridgehead atoms. The Balaban J connectivity index is 1.80. The van der Waals surface area contributed by atoms with E-state index in [0.717, 1.165) is 11.1 Å². The summed E-state index contributed by atoms with van der Waals surface area (Å²) in [7, 11) is 0. The van der Waals surface area contributed by atoms with Crippen molar-refractivity contribution in [1.29, 1.82) is 5.26 Å². The summed E-state index contributed by atoms with van der Waals surface area (Å²) in [5.74, 6) is -0.649. The van der Waals surface area contributed by atoms with Crippen molar-refractivity contribution in [2.75, 3.05) is 36.5 Å². The number of fused-ring (bicyclic) bond motifs is 1. The zero-order valence-corrected chi connectivity index (χ0v) is 18.3. The third-order valence-corrected chi connectivity index (χ3v) is 5.45. The SMILES string of the molecule is Cc1cc(C(C)Nc2ccc(Cl)nc2C(=O)O)c2nc(N3CCOCC3)c(C#N)nc2c1. The molecule has 0 spiro atoms. The number of halogens is 1. The fraction of sp³-hybridized carbons (Fsp3) is 0.318. The van der Waals surface area contributed by atoms with Crippen LogP contribution in [0.5, 0.6) is 0 Å². The van der Waals surface area contributed by atoms with Crippen LogP contribution in [-0.2, 0) is 4.74 Å². The molecule has 3 heterocycles. The molecular formula is C22H21ClN6O3. The third kappa shape index (κ3) is 4.28. The number of hydrogen-bond acceptors (Lipinski definition) is 8. The number of nitriles is 1. The highest BCUT2D eigenvalue weighted by Crippen LogP contribution is 2.30. The summed E-state index contributed by atoms with van der Waals surface area (Å²) in [4.78, 5) is 27.0. The van der Waals surface area contributed by atoms with Crippen LogP contribution in [0.25, 0.3) is 11.0 Å². The number of anilines is 2. The predicted molar refractivity (Wildman–Crippen MR) is 120 cm³/mol. The van der Waals surface area contributed by atoms with Gasteiger partial charge in [-0.1, -0.05) is 17.7 Å². The lowest BCUT2D eigenvalue weighted by atomic mass is 10.0. The number of ether oxygens (including phenoxy) is 1. The Morgan fingerprint density at radius 3 is 2.72 bits per heavy atom. The van der Waals surface area contributed by atoms with E-state index in [2.05, 4.69) is 21.4 Å². The fourth-order valence-corrected chi connectivity index (χ4v) is 3.90. The van der Waals surface area contributed by atoms with E-state index in [1.165, 1.54) is 6.07 Å². The first-order chi connectivity index (χ1) is 15.4. The van der Waals surface area contributed by atoms with Crippen LogP contribution in [0.3, 0.4) is 0 Å². The number of aryl methyl sites for hydroxylation is 1. The normalized spacial score (nSPS) is 14.8. The zero-order valence-electron chi connectivity index (χ0n) is 17.6. The molecule has 0 amide bonds. The molecule has 1 atom stereocenters. The van der Waals surface area contributed by atoms with Crippen molar-refractivity contribution < 1.29 is 14.6 Å². The van der Waals surface area contributed by atoms with E-state index in [4.69, 9.17) is 21.3 Å². The lowest BCUT2D eigenvalue weighted by Crippen LogP contribution is -2.37. The molecule has 1 aliphatic heterocycles. The van der Waals surface area contributed by atoms with Gasteiger partial charge in [-0.15, -0.1) is 0 Å². The molecule has 2 aromatic heterocycles. The highest BCUT2D eigenvalue weighted by Gasteiger charge is 2.22. The van der Waals surface area contributed by atoms with Crippen molar-refractivity contribution >= 4 is 40.1 Å². The maximum atomic E-state index is 11.6. The molecule has 1 unspecified atom stereocenters. The molecule has 10 heteroatoms. The van der Waals surface area contributed by atoms with Gasteiger partial charge in [-0.05, 0) is 37.6 Å². The van der Waals surface area contributed by atoms with E-state index in [-0.39, 0.29) is 22.6 Å². The zero-order chi connectivity index (χ0) is 22.8. The van der Waals surface area contributed by atoms with Crippen molar-refractivity contribution in [3.63, 3.8) is 0 Å². The highest BCUT2D eigenvalue weighted by atomic mass is 35.5. The van der Waals surface area contributed by atoms with Crippen LogP contribution >= 0.6 is 11.6 Å². The minimum Gasteiger partial charge on any atom is -0.476 e. The van der Waals surface area contributed by atoms with Gasteiger partial charge in [0, 0.05) is 18.7 Å². The number of carboxylic acid groups (broad SMARTS) is 1. The minimum atomic E-state index is -1.18. The highest BCUT2D eigenvalue weighted by molar-refractivity contribution is 6.29. The number of morpholine rings is 1. The van der Waals surface area contributed by atoms with Gasteiger partial charge in [-0.2, -0.15) is 5.26 Å². The molecule has 3 aromatic rings. The fourth-order valence-electron chi connectivity index (χ4n) is 3.75. The monoisotopic (exact) mass is 452 g/mol. The molecule has 2 N–H and O–H groups in total. The Bertz CT molecular complexity index is 1240. The van der Waals surface area contributed by atoms with Crippen molar-refractivity contribution in [1.82, 2.24) is 15.0 Å². The number of rotatable bonds is 5. The summed E-state index contributed by atoms with van der Waals surface area (Å²) in [5.41, 5.74) is 3.49. The van der Waals surface area contributed by atoms with Crippen molar-refractivity contribution in [3.8, 4) is 6.07 Å². The summed E-state index contributed by atoms with van der Waals surface area (Å²) in [6.45, 7) is 6.22. The summed E-state index contributed by atoms with van der Waals surface area (Å²) in [6, 6.07) is 8.83. The van der Waals surface area contributed by atoms with Crippen LogP contribution in [-0.4, -0.2) is 52.3 Å². The second-order valence-corrected chi connectivity index (χ2v) is 7.92. The van der Waals surface area contributed by atoms with Crippen LogP contribution in [0.1, 0.15) is 40.3 Å². The summed E-state index contributed by atoms with van der Waals surface area (Å²) < 4.78 is 5.42. The molecule has 1 aromatic carbocycles. The minimum absolute atomic E-state index is 0.103. The van der Waals surface area contributed by atoms with Crippen molar-refractivity contribution in [3.05, 3.63) is 51.9 Å². The van der Waals surface area contributed by atoms with Gasteiger partial charge >= 0.3 is 5.97 Å². The number of carbonyl (C=O) groups is 1. The first-order valence-corrected chi connectivity index (χ1v) is 10.5. The lowest BCUT2D eigenvalue weighted by molar-refractivity contribution is 0.0691. The summed E-state index contributed by atoms with van der Waals surface area (Å²) in [6.07, 6.45) is 0. The van der Waals surface area contributed by atoms with Gasteiger partial charge < -0.3 is 20.1 Å². The second kappa shape index (κ2) is 8.94. The van der Waals surface area contributed by atoms with Crippen LogP contribution in [0, 0.1) is 18.3 Å². The molecular weight excluding hydrogens is 432 g/mol. The van der Waals surface area contributed by atoms with Gasteiger partial charge in [0.1, 0.15) is 11.2 Å². The van der Waals surface area contributed by atoms with E-state index in [9.17, 15) is 15.2 Å². The van der Waals surface area contributed by atoms with Gasteiger partial charge in [0.25, 0.3) is 0 Å². The number of carboxylic acids is 1. The van der Waals surface area contributed by atoms with Gasteiger partial charge in [0.15, 0.2) is 17.2 Å². The van der Waals surface area contributed by atoms with Crippen molar-refractivity contribution in [2.45, 2.75) is 19.9 Å². The van der Waals surface area contributed by atoms with Crippen LogP contribution in [0.2, 0.25) is 5.15 Å². The maximum Gasteiger partial charge on any atom is 0.356 e. The maximum absolute atomic E-state index is 11.6. The summed E-state index contributed by atoms with van der Waals surface area (Å²) >= 11 is 5.87. The Labute approximate surface area is 189 Å². The quantitative estimate of drug-likeness (QED) is 0.559. The van der Waals surface area contributed by atoms with Gasteiger partial charge in [-0.3, -0.25) is 0 Å².